The molecule has 0 saturated heterocycles. The van der Waals surface area contributed by atoms with Crippen LogP contribution < -0.4 is 4.74 Å². The van der Waals surface area contributed by atoms with E-state index in [1.165, 1.54) is 0 Å². The fourth-order valence-corrected chi connectivity index (χ4v) is 2.43. The molecule has 1 N–H and O–H groups in total. The summed E-state index contributed by atoms with van der Waals surface area (Å²) in [5.74, 6) is 1.45. The van der Waals surface area contributed by atoms with E-state index in [2.05, 4.69) is 4.99 Å². The lowest BCUT2D eigenvalue weighted by molar-refractivity contribution is 0.279. The first-order valence-electron chi connectivity index (χ1n) is 6.53. The summed E-state index contributed by atoms with van der Waals surface area (Å²) in [7, 11) is 1.59. The van der Waals surface area contributed by atoms with Gasteiger partial charge in [0.15, 0.2) is 0 Å². The second-order valence-corrected chi connectivity index (χ2v) is 5.53. The van der Waals surface area contributed by atoms with Gasteiger partial charge in [0.1, 0.15) is 18.1 Å². The van der Waals surface area contributed by atoms with E-state index in [-0.39, 0.29) is 11.3 Å². The topological polar surface area (TPSA) is 51.0 Å². The molecule has 2 aromatic rings. The van der Waals surface area contributed by atoms with E-state index in [1.54, 1.807) is 13.2 Å². The van der Waals surface area contributed by atoms with Crippen molar-refractivity contribution < 1.29 is 14.6 Å². The van der Waals surface area contributed by atoms with Crippen molar-refractivity contribution >= 4 is 16.7 Å². The second kappa shape index (κ2) is 4.40. The highest BCUT2D eigenvalue weighted by Gasteiger charge is 2.28. The summed E-state index contributed by atoms with van der Waals surface area (Å²) in [6, 6.07) is 9.14. The molecule has 1 aliphatic heterocycles. The van der Waals surface area contributed by atoms with Gasteiger partial charge in [0.2, 0.25) is 5.90 Å². The molecule has 2 aromatic carbocycles. The van der Waals surface area contributed by atoms with Gasteiger partial charge < -0.3 is 14.6 Å². The average Bonchev–Trinajstić information content (AvgIpc) is 2.78. The zero-order chi connectivity index (χ0) is 14.3. The number of benzene rings is 2. The SMILES string of the molecule is COc1cccc2c(C3=NC(C)(C)CO3)ccc(O)c12. The number of ether oxygens (including phenoxy) is 2. The third-order valence-electron chi connectivity index (χ3n) is 3.40. The van der Waals surface area contributed by atoms with Crippen LogP contribution in [0.5, 0.6) is 11.5 Å². The molecule has 0 fully saturated rings. The number of hydrogen-bond donors (Lipinski definition) is 1. The molecule has 0 radical (unpaired) electrons. The second-order valence-electron chi connectivity index (χ2n) is 5.53. The third-order valence-corrected chi connectivity index (χ3v) is 3.40. The molecular formula is C16H17NO3. The summed E-state index contributed by atoms with van der Waals surface area (Å²) < 4.78 is 11.0. The first-order valence-corrected chi connectivity index (χ1v) is 6.53. The largest absolute Gasteiger partial charge is 0.507 e. The molecule has 0 amide bonds. The van der Waals surface area contributed by atoms with Crippen LogP contribution >= 0.6 is 0 Å². The average molecular weight is 271 g/mol. The van der Waals surface area contributed by atoms with E-state index in [1.807, 2.05) is 38.1 Å². The van der Waals surface area contributed by atoms with Crippen LogP contribution in [0, 0.1) is 0 Å². The molecule has 4 nitrogen and oxygen atoms in total. The maximum Gasteiger partial charge on any atom is 0.217 e. The van der Waals surface area contributed by atoms with Crippen LogP contribution in [0.25, 0.3) is 10.8 Å². The zero-order valence-corrected chi connectivity index (χ0v) is 11.8. The molecule has 0 saturated carbocycles. The summed E-state index contributed by atoms with van der Waals surface area (Å²) in [4.78, 5) is 4.60. The molecule has 0 aromatic heterocycles. The van der Waals surface area contributed by atoms with Crippen LogP contribution in [0.1, 0.15) is 19.4 Å². The Hall–Kier alpha value is -2.23. The van der Waals surface area contributed by atoms with Gasteiger partial charge in [-0.2, -0.15) is 0 Å². The lowest BCUT2D eigenvalue weighted by Crippen LogP contribution is -2.17. The van der Waals surface area contributed by atoms with E-state index >= 15 is 0 Å². The van der Waals surface area contributed by atoms with Crippen molar-refractivity contribution in [1.82, 2.24) is 0 Å². The van der Waals surface area contributed by atoms with Crippen molar-refractivity contribution in [2.24, 2.45) is 4.99 Å². The molecule has 3 rings (SSSR count). The van der Waals surface area contributed by atoms with Crippen molar-refractivity contribution in [3.8, 4) is 11.5 Å². The lowest BCUT2D eigenvalue weighted by atomic mass is 10.0. The molecule has 4 heteroatoms. The molecule has 0 spiro atoms. The minimum Gasteiger partial charge on any atom is -0.507 e. The first kappa shape index (κ1) is 12.8. The Bertz CT molecular complexity index is 704. The zero-order valence-electron chi connectivity index (χ0n) is 11.8. The number of fused-ring (bicyclic) bond motifs is 1. The van der Waals surface area contributed by atoms with E-state index in [0.717, 1.165) is 10.9 Å². The fourth-order valence-electron chi connectivity index (χ4n) is 2.43. The molecule has 0 unspecified atom stereocenters. The predicted octanol–water partition coefficient (Wildman–Crippen LogP) is 3.11. The molecule has 20 heavy (non-hydrogen) atoms. The Morgan fingerprint density at radius 2 is 2.05 bits per heavy atom. The summed E-state index contributed by atoms with van der Waals surface area (Å²) in [6.45, 7) is 4.63. The maximum absolute atomic E-state index is 10.1. The molecule has 0 aliphatic carbocycles. The summed E-state index contributed by atoms with van der Waals surface area (Å²) in [5, 5.41) is 11.7. The molecule has 0 bridgehead atoms. The van der Waals surface area contributed by atoms with Gasteiger partial charge in [-0.3, -0.25) is 0 Å². The number of phenols is 1. The lowest BCUT2D eigenvalue weighted by Gasteiger charge is -2.11. The van der Waals surface area contributed by atoms with Gasteiger partial charge in [-0.1, -0.05) is 12.1 Å². The molecule has 104 valence electrons. The standard InChI is InChI=1S/C16H17NO3/c1-16(2)9-20-15(17-16)11-7-8-12(18)14-10(11)5-4-6-13(14)19-3/h4-8,18H,9H2,1-3H3. The van der Waals surface area contributed by atoms with Gasteiger partial charge in [-0.25, -0.2) is 4.99 Å². The van der Waals surface area contributed by atoms with Gasteiger partial charge in [0.25, 0.3) is 0 Å². The summed E-state index contributed by atoms with van der Waals surface area (Å²) in [6.07, 6.45) is 0. The number of aliphatic imine (C=N–C) groups is 1. The van der Waals surface area contributed by atoms with E-state index in [4.69, 9.17) is 9.47 Å². The van der Waals surface area contributed by atoms with E-state index < -0.39 is 0 Å². The molecule has 1 aliphatic rings. The van der Waals surface area contributed by atoms with Crippen LogP contribution in [-0.4, -0.2) is 30.3 Å². The molecule has 1 heterocycles. The highest BCUT2D eigenvalue weighted by atomic mass is 16.5. The Balaban J connectivity index is 2.26. The molecular weight excluding hydrogens is 254 g/mol. The first-order chi connectivity index (χ1) is 9.52. The number of aromatic hydroxyl groups is 1. The number of methoxy groups -OCH3 is 1. The van der Waals surface area contributed by atoms with Crippen LogP contribution in [0.15, 0.2) is 35.3 Å². The van der Waals surface area contributed by atoms with Crippen molar-refractivity contribution in [1.29, 1.82) is 0 Å². The van der Waals surface area contributed by atoms with Gasteiger partial charge in [0.05, 0.1) is 18.0 Å². The van der Waals surface area contributed by atoms with Gasteiger partial charge in [-0.05, 0) is 32.0 Å². The number of phenolic OH excluding ortho intramolecular Hbond substituents is 1. The van der Waals surface area contributed by atoms with Crippen LogP contribution in [0.3, 0.4) is 0 Å². The fraction of sp³-hybridized carbons (Fsp3) is 0.312. The normalized spacial score (nSPS) is 16.9. The summed E-state index contributed by atoms with van der Waals surface area (Å²) in [5.41, 5.74) is 0.667. The van der Waals surface area contributed by atoms with Crippen molar-refractivity contribution in [2.45, 2.75) is 19.4 Å². The quantitative estimate of drug-likeness (QED) is 0.913. The minimum absolute atomic E-state index is 0.194. The van der Waals surface area contributed by atoms with Gasteiger partial charge in [-0.15, -0.1) is 0 Å². The van der Waals surface area contributed by atoms with Crippen molar-refractivity contribution in [2.75, 3.05) is 13.7 Å². The van der Waals surface area contributed by atoms with Crippen LogP contribution in [-0.2, 0) is 4.74 Å². The smallest absolute Gasteiger partial charge is 0.217 e. The third kappa shape index (κ3) is 1.97. The number of rotatable bonds is 2. The van der Waals surface area contributed by atoms with E-state index in [0.29, 0.717) is 23.6 Å². The number of hydrogen-bond acceptors (Lipinski definition) is 4. The Morgan fingerprint density at radius 3 is 2.70 bits per heavy atom. The van der Waals surface area contributed by atoms with Gasteiger partial charge in [0, 0.05) is 10.9 Å². The highest BCUT2D eigenvalue weighted by molar-refractivity contribution is 6.10. The minimum atomic E-state index is -0.210. The Kier molecular flexibility index (Phi) is 2.82. The van der Waals surface area contributed by atoms with Crippen LogP contribution in [0.4, 0.5) is 0 Å². The summed E-state index contributed by atoms with van der Waals surface area (Å²) >= 11 is 0. The van der Waals surface area contributed by atoms with Crippen molar-refractivity contribution in [3.05, 3.63) is 35.9 Å². The van der Waals surface area contributed by atoms with E-state index in [9.17, 15) is 5.11 Å². The highest BCUT2D eigenvalue weighted by Crippen LogP contribution is 2.36. The van der Waals surface area contributed by atoms with Gasteiger partial charge >= 0.3 is 0 Å². The van der Waals surface area contributed by atoms with Crippen molar-refractivity contribution in [3.63, 3.8) is 0 Å². The van der Waals surface area contributed by atoms with Crippen LogP contribution in [0.2, 0.25) is 0 Å². The number of nitrogens with zero attached hydrogens (tertiary/aromatic N) is 1. The predicted molar refractivity (Wildman–Crippen MR) is 78.7 cm³/mol. The monoisotopic (exact) mass is 271 g/mol. The molecule has 0 atom stereocenters. The Morgan fingerprint density at radius 1 is 1.25 bits per heavy atom. The maximum atomic E-state index is 10.1. The Labute approximate surface area is 117 Å².